The number of anilines is 1. The molecule has 1 amide bonds. The van der Waals surface area contributed by atoms with Gasteiger partial charge in [-0.15, -0.1) is 0 Å². The zero-order valence-electron chi connectivity index (χ0n) is 17.1. The number of para-hydroxylation sites is 1. The number of benzene rings is 1. The second-order valence-corrected chi connectivity index (χ2v) is 8.29. The van der Waals surface area contributed by atoms with Crippen molar-refractivity contribution in [2.45, 2.75) is 44.1 Å². The largest absolute Gasteiger partial charge is 0.368 e. The van der Waals surface area contributed by atoms with E-state index in [0.717, 1.165) is 48.9 Å². The highest BCUT2D eigenvalue weighted by Crippen LogP contribution is 2.40. The number of ether oxygens (including phenoxy) is 1. The first-order valence-corrected chi connectivity index (χ1v) is 10.7. The van der Waals surface area contributed by atoms with E-state index in [2.05, 4.69) is 39.3 Å². The van der Waals surface area contributed by atoms with Crippen molar-refractivity contribution in [2.75, 3.05) is 25.4 Å². The summed E-state index contributed by atoms with van der Waals surface area (Å²) in [5.41, 5.74) is 9.88. The molecule has 0 bridgehead atoms. The lowest BCUT2D eigenvalue weighted by Gasteiger charge is -2.44. The number of nitrogen functional groups attached to an aromatic ring is 1. The number of nitrogens with zero attached hydrogens (tertiary/aromatic N) is 3. The molecule has 0 saturated carbocycles. The number of aromatic amines is 1. The number of carbonyl (C=O) groups excluding carboxylic acids is 1. The van der Waals surface area contributed by atoms with Crippen molar-refractivity contribution in [3.63, 3.8) is 0 Å². The van der Waals surface area contributed by atoms with Crippen LogP contribution in [0.2, 0.25) is 0 Å². The summed E-state index contributed by atoms with van der Waals surface area (Å²) < 4.78 is 6.20. The molecule has 30 heavy (non-hydrogen) atoms. The van der Waals surface area contributed by atoms with E-state index in [9.17, 15) is 4.79 Å². The van der Waals surface area contributed by atoms with E-state index in [4.69, 9.17) is 10.5 Å². The Kier molecular flexibility index (Phi) is 4.90. The average molecular weight is 406 g/mol. The van der Waals surface area contributed by atoms with Gasteiger partial charge in [0.25, 0.3) is 0 Å². The number of rotatable bonds is 4. The van der Waals surface area contributed by atoms with Gasteiger partial charge in [0.05, 0.1) is 12.3 Å². The number of nitrogens with one attached hydrogen (secondary N) is 1. The molecule has 0 aliphatic carbocycles. The van der Waals surface area contributed by atoms with Gasteiger partial charge in [-0.1, -0.05) is 18.2 Å². The lowest BCUT2D eigenvalue weighted by atomic mass is 9.83. The van der Waals surface area contributed by atoms with Gasteiger partial charge in [0.2, 0.25) is 11.9 Å². The van der Waals surface area contributed by atoms with Gasteiger partial charge in [0, 0.05) is 42.8 Å². The molecule has 3 aromatic rings. The molecule has 2 aliphatic heterocycles. The van der Waals surface area contributed by atoms with Gasteiger partial charge in [-0.25, -0.2) is 9.97 Å². The number of H-pyrrole nitrogens is 1. The highest BCUT2D eigenvalue weighted by molar-refractivity contribution is 5.83. The molecule has 3 N–H and O–H groups in total. The Balaban J connectivity index is 1.18. The molecule has 1 spiro atoms. The van der Waals surface area contributed by atoms with Gasteiger partial charge >= 0.3 is 0 Å². The summed E-state index contributed by atoms with van der Waals surface area (Å²) in [6, 6.07) is 8.30. The summed E-state index contributed by atoms with van der Waals surface area (Å²) in [5.74, 6) is 0.511. The van der Waals surface area contributed by atoms with E-state index in [1.54, 1.807) is 0 Å². The smallest absolute Gasteiger partial charge is 0.222 e. The monoisotopic (exact) mass is 405 g/mol. The molecule has 156 valence electrons. The van der Waals surface area contributed by atoms with Gasteiger partial charge in [0.1, 0.15) is 5.60 Å². The zero-order valence-corrected chi connectivity index (χ0v) is 17.1. The molecule has 0 atom stereocenters. The number of aromatic nitrogens is 3. The maximum atomic E-state index is 12.8. The number of nitrogens with two attached hydrogens (primary N) is 1. The van der Waals surface area contributed by atoms with Crippen LogP contribution in [0.1, 0.15) is 42.5 Å². The lowest BCUT2D eigenvalue weighted by Crippen LogP contribution is -2.49. The van der Waals surface area contributed by atoms with Crippen LogP contribution in [0, 0.1) is 0 Å². The summed E-state index contributed by atoms with van der Waals surface area (Å²) in [7, 11) is 0. The van der Waals surface area contributed by atoms with Crippen LogP contribution < -0.4 is 5.73 Å². The van der Waals surface area contributed by atoms with Crippen LogP contribution >= 0.6 is 0 Å². The summed E-state index contributed by atoms with van der Waals surface area (Å²) in [4.78, 5) is 26.7. The van der Waals surface area contributed by atoms with E-state index in [1.165, 1.54) is 10.9 Å². The minimum absolute atomic E-state index is 0.225. The highest BCUT2D eigenvalue weighted by Gasteiger charge is 2.43. The minimum Gasteiger partial charge on any atom is -0.368 e. The fourth-order valence-electron chi connectivity index (χ4n) is 4.85. The zero-order chi connectivity index (χ0) is 20.6. The van der Waals surface area contributed by atoms with Crippen molar-refractivity contribution in [1.82, 2.24) is 19.9 Å². The van der Waals surface area contributed by atoms with Crippen molar-refractivity contribution >= 4 is 22.8 Å². The molecule has 1 aromatic carbocycles. The number of carbonyl (C=O) groups is 1. The number of likely N-dealkylation sites (tertiary alicyclic amines) is 1. The molecular formula is C23H27N5O2. The Labute approximate surface area is 175 Å². The normalized spacial score (nSPS) is 17.9. The van der Waals surface area contributed by atoms with Crippen molar-refractivity contribution in [3.8, 4) is 0 Å². The van der Waals surface area contributed by atoms with E-state index in [1.807, 2.05) is 17.2 Å². The molecule has 5 rings (SSSR count). The number of fused-ring (bicyclic) bond motifs is 3. The number of hydrogen-bond acceptors (Lipinski definition) is 5. The molecule has 2 aliphatic rings. The highest BCUT2D eigenvalue weighted by atomic mass is 16.5. The number of aryl methyl sites for hydroxylation is 1. The van der Waals surface area contributed by atoms with Crippen LogP contribution in [-0.2, 0) is 28.0 Å². The lowest BCUT2D eigenvalue weighted by molar-refractivity contribution is -0.141. The fraction of sp³-hybridized carbons (Fsp3) is 0.435. The van der Waals surface area contributed by atoms with Gasteiger partial charge in [0.15, 0.2) is 0 Å². The maximum absolute atomic E-state index is 12.8. The van der Waals surface area contributed by atoms with Crippen LogP contribution in [0.15, 0.2) is 36.7 Å². The minimum atomic E-state index is -0.425. The molecular weight excluding hydrogens is 378 g/mol. The maximum Gasteiger partial charge on any atom is 0.222 e. The van der Waals surface area contributed by atoms with Crippen molar-refractivity contribution in [3.05, 3.63) is 53.5 Å². The summed E-state index contributed by atoms with van der Waals surface area (Å²) >= 11 is 0. The second-order valence-electron chi connectivity index (χ2n) is 8.29. The molecule has 7 heteroatoms. The standard InChI is InChI=1S/C23H27N5O2/c24-22-26-15-17-8-13-30-23(21(17)27-22)9-11-28(12-10-23)20(29)7-3-4-16-14-25-19-6-2-1-5-18(16)19/h1-2,5-6,14-15,25H,3-4,7-13H2,(H2,24,26,27). The first-order chi connectivity index (χ1) is 14.6. The topological polar surface area (TPSA) is 97.1 Å². The van der Waals surface area contributed by atoms with Gasteiger partial charge in [-0.2, -0.15) is 0 Å². The SMILES string of the molecule is Nc1ncc2c(n1)C1(CCN(C(=O)CCCc3c[nH]c4ccccc34)CC1)OCC2. The Morgan fingerprint density at radius 1 is 1.27 bits per heavy atom. The quantitative estimate of drug-likeness (QED) is 0.696. The Bertz CT molecular complexity index is 1070. The summed E-state index contributed by atoms with van der Waals surface area (Å²) in [5, 5.41) is 1.25. The van der Waals surface area contributed by atoms with Gasteiger partial charge in [-0.05, 0) is 49.3 Å². The number of hydrogen-bond donors (Lipinski definition) is 2. The van der Waals surface area contributed by atoms with Crippen LogP contribution in [0.25, 0.3) is 10.9 Å². The third-order valence-corrected chi connectivity index (χ3v) is 6.50. The Morgan fingerprint density at radius 3 is 2.97 bits per heavy atom. The third-order valence-electron chi connectivity index (χ3n) is 6.50. The summed E-state index contributed by atoms with van der Waals surface area (Å²) in [6.07, 6.45) is 8.53. The Morgan fingerprint density at radius 2 is 2.10 bits per heavy atom. The predicted molar refractivity (Wildman–Crippen MR) is 115 cm³/mol. The average Bonchev–Trinajstić information content (AvgIpc) is 3.18. The molecule has 4 heterocycles. The molecule has 0 unspecified atom stereocenters. The van der Waals surface area contributed by atoms with Crippen molar-refractivity contribution in [1.29, 1.82) is 0 Å². The molecule has 1 saturated heterocycles. The fourth-order valence-corrected chi connectivity index (χ4v) is 4.85. The van der Waals surface area contributed by atoms with Crippen LogP contribution in [0.3, 0.4) is 0 Å². The second kappa shape index (κ2) is 7.72. The van der Waals surface area contributed by atoms with Crippen LogP contribution in [0.4, 0.5) is 5.95 Å². The molecule has 0 radical (unpaired) electrons. The van der Waals surface area contributed by atoms with E-state index in [0.29, 0.717) is 26.1 Å². The van der Waals surface area contributed by atoms with Gasteiger partial charge < -0.3 is 20.4 Å². The van der Waals surface area contributed by atoms with E-state index in [-0.39, 0.29) is 11.9 Å². The van der Waals surface area contributed by atoms with Crippen LogP contribution in [0.5, 0.6) is 0 Å². The third kappa shape index (κ3) is 3.43. The Hall–Kier alpha value is -2.93. The van der Waals surface area contributed by atoms with Crippen molar-refractivity contribution in [2.24, 2.45) is 0 Å². The number of amides is 1. The van der Waals surface area contributed by atoms with E-state index >= 15 is 0 Å². The van der Waals surface area contributed by atoms with Crippen molar-refractivity contribution < 1.29 is 9.53 Å². The van der Waals surface area contributed by atoms with Gasteiger partial charge in [-0.3, -0.25) is 4.79 Å². The predicted octanol–water partition coefficient (Wildman–Crippen LogP) is 2.95. The molecule has 1 fully saturated rings. The first kappa shape index (κ1) is 19.1. The first-order valence-electron chi connectivity index (χ1n) is 10.7. The van der Waals surface area contributed by atoms with Crippen LogP contribution in [-0.4, -0.2) is 45.5 Å². The van der Waals surface area contributed by atoms with E-state index < -0.39 is 5.60 Å². The molecule has 2 aromatic heterocycles. The summed E-state index contributed by atoms with van der Waals surface area (Å²) in [6.45, 7) is 2.05. The molecule has 7 nitrogen and oxygen atoms in total. The number of piperidine rings is 1.